The van der Waals surface area contributed by atoms with Crippen LogP contribution in [0.2, 0.25) is 0 Å². The lowest BCUT2D eigenvalue weighted by atomic mass is 9.96. The number of hydrogen-bond donors (Lipinski definition) is 2. The van der Waals surface area contributed by atoms with Crippen LogP contribution in [0.4, 0.5) is 0 Å². The second-order valence-corrected chi connectivity index (χ2v) is 7.38. The van der Waals surface area contributed by atoms with Crippen molar-refractivity contribution in [3.05, 3.63) is 71.3 Å². The number of nitrogens with one attached hydrogen (secondary N) is 1. The number of carbonyl (C=O) groups is 1. The first-order chi connectivity index (χ1) is 11.7. The molecule has 1 saturated carbocycles. The fourth-order valence-corrected chi connectivity index (χ4v) is 3.65. The number of amides is 1. The number of hydrogen-bond acceptors (Lipinski definition) is 3. The van der Waals surface area contributed by atoms with E-state index in [1.54, 1.807) is 11.8 Å². The summed E-state index contributed by atoms with van der Waals surface area (Å²) in [7, 11) is 0. The molecule has 4 heteroatoms. The van der Waals surface area contributed by atoms with Crippen LogP contribution in [0.25, 0.3) is 0 Å². The second kappa shape index (κ2) is 7.86. The van der Waals surface area contributed by atoms with Crippen LogP contribution >= 0.6 is 11.8 Å². The van der Waals surface area contributed by atoms with E-state index >= 15 is 0 Å². The standard InChI is InChI=1S/C20H23NO2S/c22-12-16-6-8-17(9-7-16)13-24-14-19(23)21-15-20(10-11-20)18-4-2-1-3-5-18/h1-9,22H,10-15H2,(H,21,23). The van der Waals surface area contributed by atoms with Crippen molar-refractivity contribution in [1.29, 1.82) is 0 Å². The molecule has 0 unspecified atom stereocenters. The molecule has 0 aromatic heterocycles. The van der Waals surface area contributed by atoms with Gasteiger partial charge >= 0.3 is 0 Å². The minimum absolute atomic E-state index is 0.0684. The highest BCUT2D eigenvalue weighted by Crippen LogP contribution is 2.47. The maximum atomic E-state index is 12.1. The Morgan fingerprint density at radius 2 is 1.71 bits per heavy atom. The van der Waals surface area contributed by atoms with Gasteiger partial charge in [-0.1, -0.05) is 54.6 Å². The molecule has 2 aromatic carbocycles. The predicted molar refractivity (Wildman–Crippen MR) is 98.9 cm³/mol. The van der Waals surface area contributed by atoms with Crippen LogP contribution in [0.1, 0.15) is 29.5 Å². The molecule has 3 nitrogen and oxygen atoms in total. The molecule has 0 heterocycles. The Morgan fingerprint density at radius 3 is 2.33 bits per heavy atom. The van der Waals surface area contributed by atoms with E-state index in [-0.39, 0.29) is 17.9 Å². The van der Waals surface area contributed by atoms with Gasteiger partial charge in [0.2, 0.25) is 5.91 Å². The number of carbonyl (C=O) groups excluding carboxylic acids is 1. The Bertz CT molecular complexity index is 666. The van der Waals surface area contributed by atoms with E-state index in [9.17, 15) is 4.79 Å². The third-order valence-electron chi connectivity index (χ3n) is 4.57. The van der Waals surface area contributed by atoms with Crippen LogP contribution < -0.4 is 5.32 Å². The van der Waals surface area contributed by atoms with Crippen LogP contribution in [0.3, 0.4) is 0 Å². The van der Waals surface area contributed by atoms with Crippen LogP contribution in [-0.4, -0.2) is 23.3 Å². The van der Waals surface area contributed by atoms with Crippen LogP contribution in [0.5, 0.6) is 0 Å². The van der Waals surface area contributed by atoms with Crippen molar-refractivity contribution in [2.24, 2.45) is 0 Å². The number of rotatable bonds is 8. The minimum Gasteiger partial charge on any atom is -0.392 e. The monoisotopic (exact) mass is 341 g/mol. The molecule has 24 heavy (non-hydrogen) atoms. The topological polar surface area (TPSA) is 49.3 Å². The summed E-state index contributed by atoms with van der Waals surface area (Å²) in [6.07, 6.45) is 2.31. The Balaban J connectivity index is 1.40. The van der Waals surface area contributed by atoms with Crippen molar-refractivity contribution >= 4 is 17.7 Å². The van der Waals surface area contributed by atoms with Crippen molar-refractivity contribution in [2.75, 3.05) is 12.3 Å². The maximum Gasteiger partial charge on any atom is 0.230 e. The highest BCUT2D eigenvalue weighted by molar-refractivity contribution is 7.99. The van der Waals surface area contributed by atoms with E-state index in [1.165, 1.54) is 11.1 Å². The largest absolute Gasteiger partial charge is 0.392 e. The van der Waals surface area contributed by atoms with Gasteiger partial charge in [-0.3, -0.25) is 4.79 Å². The molecular weight excluding hydrogens is 318 g/mol. The fraction of sp³-hybridized carbons (Fsp3) is 0.350. The molecule has 2 N–H and O–H groups in total. The summed E-state index contributed by atoms with van der Waals surface area (Å²) in [5, 5.41) is 12.1. The van der Waals surface area contributed by atoms with Gasteiger partial charge in [0.05, 0.1) is 12.4 Å². The zero-order chi connectivity index (χ0) is 16.8. The lowest BCUT2D eigenvalue weighted by molar-refractivity contribution is -0.118. The van der Waals surface area contributed by atoms with Gasteiger partial charge in [0, 0.05) is 17.7 Å². The lowest BCUT2D eigenvalue weighted by Gasteiger charge is -2.16. The van der Waals surface area contributed by atoms with E-state index in [4.69, 9.17) is 5.11 Å². The minimum atomic E-state index is 0.0684. The average molecular weight is 341 g/mol. The Morgan fingerprint density at radius 1 is 1.04 bits per heavy atom. The number of aliphatic hydroxyl groups is 1. The highest BCUT2D eigenvalue weighted by atomic mass is 32.2. The van der Waals surface area contributed by atoms with E-state index in [0.29, 0.717) is 5.75 Å². The van der Waals surface area contributed by atoms with Gasteiger partial charge in [0.25, 0.3) is 0 Å². The van der Waals surface area contributed by atoms with Crippen LogP contribution in [0, 0.1) is 0 Å². The van der Waals surface area contributed by atoms with Crippen molar-refractivity contribution in [3.63, 3.8) is 0 Å². The predicted octanol–water partition coefficient (Wildman–Crippen LogP) is 3.26. The van der Waals surface area contributed by atoms with Gasteiger partial charge in [0.15, 0.2) is 0 Å². The molecule has 0 bridgehead atoms. The first-order valence-corrected chi connectivity index (χ1v) is 9.46. The van der Waals surface area contributed by atoms with E-state index < -0.39 is 0 Å². The summed E-state index contributed by atoms with van der Waals surface area (Å²) >= 11 is 1.62. The molecule has 3 rings (SSSR count). The molecule has 1 fully saturated rings. The Hall–Kier alpha value is -1.78. The van der Waals surface area contributed by atoms with Crippen molar-refractivity contribution in [2.45, 2.75) is 30.6 Å². The molecule has 0 radical (unpaired) electrons. The summed E-state index contributed by atoms with van der Waals surface area (Å²) in [6.45, 7) is 0.806. The van der Waals surface area contributed by atoms with E-state index in [0.717, 1.165) is 30.7 Å². The summed E-state index contributed by atoms with van der Waals surface area (Å²) in [4.78, 5) is 12.1. The number of thioether (sulfide) groups is 1. The van der Waals surface area contributed by atoms with Gasteiger partial charge in [-0.25, -0.2) is 0 Å². The highest BCUT2D eigenvalue weighted by Gasteiger charge is 2.44. The molecular formula is C20H23NO2S. The maximum absolute atomic E-state index is 12.1. The summed E-state index contributed by atoms with van der Waals surface area (Å²) in [5.74, 6) is 1.39. The zero-order valence-electron chi connectivity index (χ0n) is 13.7. The van der Waals surface area contributed by atoms with E-state index in [1.807, 2.05) is 30.3 Å². The molecule has 126 valence electrons. The number of benzene rings is 2. The third kappa shape index (κ3) is 4.40. The van der Waals surface area contributed by atoms with E-state index in [2.05, 4.69) is 29.6 Å². The normalized spacial score (nSPS) is 15.0. The number of aliphatic hydroxyl groups excluding tert-OH is 1. The zero-order valence-corrected chi connectivity index (χ0v) is 14.5. The van der Waals surface area contributed by atoms with Gasteiger partial charge in [-0.05, 0) is 29.5 Å². The second-order valence-electron chi connectivity index (χ2n) is 6.39. The average Bonchev–Trinajstić information content (AvgIpc) is 3.43. The quantitative estimate of drug-likeness (QED) is 0.775. The molecule has 2 aromatic rings. The first kappa shape index (κ1) is 17.1. The SMILES string of the molecule is O=C(CSCc1ccc(CO)cc1)NCC1(c2ccccc2)CC1. The van der Waals surface area contributed by atoms with Gasteiger partial charge in [-0.2, -0.15) is 0 Å². The third-order valence-corrected chi connectivity index (χ3v) is 5.57. The Labute approximate surface area is 147 Å². The summed E-state index contributed by atoms with van der Waals surface area (Å²) < 4.78 is 0. The molecule has 0 spiro atoms. The van der Waals surface area contributed by atoms with Crippen LogP contribution in [-0.2, 0) is 22.6 Å². The van der Waals surface area contributed by atoms with Crippen molar-refractivity contribution in [3.8, 4) is 0 Å². The van der Waals surface area contributed by atoms with Crippen molar-refractivity contribution in [1.82, 2.24) is 5.32 Å². The fourth-order valence-electron chi connectivity index (χ4n) is 2.83. The molecule has 1 aliphatic carbocycles. The summed E-state index contributed by atoms with van der Waals surface area (Å²) in [6, 6.07) is 18.3. The smallest absolute Gasteiger partial charge is 0.230 e. The van der Waals surface area contributed by atoms with Crippen molar-refractivity contribution < 1.29 is 9.90 Å². The Kier molecular flexibility index (Phi) is 5.59. The van der Waals surface area contributed by atoms with Gasteiger partial charge in [-0.15, -0.1) is 11.8 Å². The molecule has 1 aliphatic rings. The molecule has 1 amide bonds. The van der Waals surface area contributed by atoms with Gasteiger partial charge < -0.3 is 10.4 Å². The molecule has 0 atom stereocenters. The molecule has 0 aliphatic heterocycles. The summed E-state index contributed by atoms with van der Waals surface area (Å²) in [5.41, 5.74) is 3.59. The lowest BCUT2D eigenvalue weighted by Crippen LogP contribution is -2.33. The van der Waals surface area contributed by atoms with Gasteiger partial charge in [0.1, 0.15) is 0 Å². The molecule has 0 saturated heterocycles. The van der Waals surface area contributed by atoms with Crippen LogP contribution in [0.15, 0.2) is 54.6 Å². The first-order valence-electron chi connectivity index (χ1n) is 8.30.